The van der Waals surface area contributed by atoms with E-state index in [1.54, 1.807) is 0 Å². The van der Waals surface area contributed by atoms with Gasteiger partial charge in [0.1, 0.15) is 13.1 Å². The van der Waals surface area contributed by atoms with E-state index >= 15 is 0 Å². The molecular weight excluding hydrogens is 367 g/mol. The van der Waals surface area contributed by atoms with Gasteiger partial charge in [0.05, 0.1) is 6.10 Å². The lowest BCUT2D eigenvalue weighted by molar-refractivity contribution is -0.172. The normalized spacial score (nSPS) is 49.1. The lowest BCUT2D eigenvalue weighted by Crippen LogP contribution is -2.59. The number of rotatable bonds is 6. The monoisotopic (exact) mass is 413 g/mol. The Kier molecular flexibility index (Phi) is 6.28. The van der Waals surface area contributed by atoms with Crippen LogP contribution in [0.15, 0.2) is 0 Å². The van der Waals surface area contributed by atoms with Crippen molar-refractivity contribution in [3.05, 3.63) is 0 Å². The molecule has 1 N–H and O–H groups in total. The zero-order valence-electron chi connectivity index (χ0n) is 20.4. The highest BCUT2D eigenvalue weighted by Gasteiger charge is 2.66. The highest BCUT2D eigenvalue weighted by molar-refractivity contribution is 6.46. The topological polar surface area (TPSA) is 37.3 Å². The molecular formula is C27H46BO2. The van der Waals surface area contributed by atoms with E-state index in [1.807, 2.05) is 0 Å². The minimum Gasteiger partial charge on any atom is -0.393 e. The highest BCUT2D eigenvalue weighted by atomic mass is 16.3. The second-order valence-corrected chi connectivity index (χ2v) is 12.4. The molecule has 169 valence electrons. The number of aliphatic hydroxyl groups excluding tert-OH is 1. The maximum atomic E-state index is 13.7. The summed E-state index contributed by atoms with van der Waals surface area (Å²) < 4.78 is 0. The molecule has 3 heteroatoms. The third-order valence-corrected chi connectivity index (χ3v) is 11.0. The van der Waals surface area contributed by atoms with Gasteiger partial charge in [0, 0.05) is 5.41 Å². The molecule has 9 atom stereocenters. The van der Waals surface area contributed by atoms with E-state index in [1.165, 1.54) is 51.4 Å². The summed E-state index contributed by atoms with van der Waals surface area (Å²) in [5.41, 5.74) is 0.558. The van der Waals surface area contributed by atoms with Gasteiger partial charge >= 0.3 is 0 Å². The lowest BCUT2D eigenvalue weighted by atomic mass is 9.40. The highest BCUT2D eigenvalue weighted by Crippen LogP contribution is 2.71. The molecule has 4 saturated carbocycles. The van der Waals surface area contributed by atoms with Gasteiger partial charge in [-0.3, -0.25) is 4.79 Å². The van der Waals surface area contributed by atoms with E-state index < -0.39 is 0 Å². The molecule has 1 unspecified atom stereocenters. The second-order valence-electron chi connectivity index (χ2n) is 12.4. The first-order chi connectivity index (χ1) is 14.2. The molecule has 4 aliphatic carbocycles. The van der Waals surface area contributed by atoms with Crippen molar-refractivity contribution in [2.24, 2.45) is 34.0 Å². The standard InChI is InChI=1S/C27H46BO2/c1-6-8-9-19(7-2)28-21-17-23-26(4)13-10-18-16-20(29)11-14-25(18,3)22(26)12-15-27(23,5)24(21)30/h18-23,29H,6-17H2,1-5H3/t18-,19?,20-,21+,22+,23-,25-,26+,27-/m0/s1. The Balaban J connectivity index is 1.56. The van der Waals surface area contributed by atoms with Crippen molar-refractivity contribution in [3.8, 4) is 0 Å². The first-order valence-corrected chi connectivity index (χ1v) is 13.3. The zero-order chi connectivity index (χ0) is 21.7. The number of hydrogen-bond acceptors (Lipinski definition) is 2. The van der Waals surface area contributed by atoms with Gasteiger partial charge in [-0.25, -0.2) is 0 Å². The molecule has 0 bridgehead atoms. The Morgan fingerprint density at radius 1 is 1.00 bits per heavy atom. The van der Waals surface area contributed by atoms with Crippen LogP contribution >= 0.6 is 0 Å². The van der Waals surface area contributed by atoms with Crippen LogP contribution in [0.4, 0.5) is 0 Å². The van der Waals surface area contributed by atoms with E-state index in [9.17, 15) is 9.90 Å². The molecule has 0 aromatic carbocycles. The average molecular weight is 413 g/mol. The first-order valence-electron chi connectivity index (χ1n) is 13.3. The summed E-state index contributed by atoms with van der Waals surface area (Å²) in [7, 11) is 2.49. The van der Waals surface area contributed by atoms with Gasteiger partial charge in [-0.15, -0.1) is 0 Å². The number of Topliss-reactive ketones (excluding diaryl/α,β-unsaturated/α-hetero) is 1. The molecule has 2 nitrogen and oxygen atoms in total. The summed E-state index contributed by atoms with van der Waals surface area (Å²) in [5.74, 6) is 3.33. The lowest BCUT2D eigenvalue weighted by Gasteiger charge is -2.65. The third-order valence-electron chi connectivity index (χ3n) is 11.0. The fourth-order valence-electron chi connectivity index (χ4n) is 9.15. The minimum atomic E-state index is -0.104. The summed E-state index contributed by atoms with van der Waals surface area (Å²) in [4.78, 5) is 13.7. The van der Waals surface area contributed by atoms with Crippen LogP contribution in [-0.2, 0) is 4.79 Å². The first kappa shape index (κ1) is 22.9. The van der Waals surface area contributed by atoms with Crippen LogP contribution in [0.2, 0.25) is 11.6 Å². The molecule has 4 aliphatic rings. The van der Waals surface area contributed by atoms with Gasteiger partial charge in [0.2, 0.25) is 0 Å². The Hall–Kier alpha value is -0.305. The van der Waals surface area contributed by atoms with Crippen molar-refractivity contribution < 1.29 is 9.90 Å². The zero-order valence-corrected chi connectivity index (χ0v) is 20.4. The van der Waals surface area contributed by atoms with Gasteiger partial charge < -0.3 is 5.11 Å². The quantitative estimate of drug-likeness (QED) is 0.484. The molecule has 0 amide bonds. The second kappa shape index (κ2) is 8.24. The summed E-state index contributed by atoms with van der Waals surface area (Å²) in [6, 6.07) is 0. The van der Waals surface area contributed by atoms with Crippen LogP contribution in [0.1, 0.15) is 112 Å². The van der Waals surface area contributed by atoms with E-state index in [0.29, 0.717) is 34.3 Å². The van der Waals surface area contributed by atoms with Gasteiger partial charge in [-0.05, 0) is 85.8 Å². The summed E-state index contributed by atoms with van der Waals surface area (Å²) in [5, 5.41) is 10.3. The van der Waals surface area contributed by atoms with Crippen molar-refractivity contribution in [2.75, 3.05) is 0 Å². The molecule has 0 heterocycles. The Morgan fingerprint density at radius 3 is 2.43 bits per heavy atom. The van der Waals surface area contributed by atoms with E-state index in [-0.39, 0.29) is 17.3 Å². The number of hydrogen-bond donors (Lipinski definition) is 1. The fraction of sp³-hybridized carbons (Fsp3) is 0.963. The summed E-state index contributed by atoms with van der Waals surface area (Å²) in [6.45, 7) is 12.0. The number of carbonyl (C=O) groups excluding carboxylic acids is 1. The molecule has 4 rings (SSSR count). The van der Waals surface area contributed by atoms with Crippen molar-refractivity contribution in [1.82, 2.24) is 0 Å². The fourth-order valence-corrected chi connectivity index (χ4v) is 9.15. The predicted molar refractivity (Wildman–Crippen MR) is 126 cm³/mol. The van der Waals surface area contributed by atoms with E-state index in [4.69, 9.17) is 0 Å². The van der Waals surface area contributed by atoms with Crippen LogP contribution < -0.4 is 0 Å². The molecule has 4 fully saturated rings. The van der Waals surface area contributed by atoms with Gasteiger partial charge in [0.15, 0.2) is 0 Å². The predicted octanol–water partition coefficient (Wildman–Crippen LogP) is 6.84. The van der Waals surface area contributed by atoms with Gasteiger partial charge in [0.25, 0.3) is 0 Å². The van der Waals surface area contributed by atoms with Crippen LogP contribution in [0.25, 0.3) is 0 Å². The maximum absolute atomic E-state index is 13.7. The Morgan fingerprint density at radius 2 is 1.73 bits per heavy atom. The smallest absolute Gasteiger partial charge is 0.134 e. The maximum Gasteiger partial charge on any atom is 0.134 e. The van der Waals surface area contributed by atoms with Gasteiger partial charge in [-0.1, -0.05) is 66.1 Å². The van der Waals surface area contributed by atoms with Crippen LogP contribution in [0.3, 0.4) is 0 Å². The largest absolute Gasteiger partial charge is 0.393 e. The number of carbonyl (C=O) groups is 1. The minimum absolute atomic E-state index is 0.0811. The average Bonchev–Trinajstić information content (AvgIpc) is 2.97. The molecule has 30 heavy (non-hydrogen) atoms. The van der Waals surface area contributed by atoms with Gasteiger partial charge in [-0.2, -0.15) is 0 Å². The van der Waals surface area contributed by atoms with Crippen molar-refractivity contribution in [3.63, 3.8) is 0 Å². The third kappa shape index (κ3) is 3.44. The van der Waals surface area contributed by atoms with Crippen LogP contribution in [-0.4, -0.2) is 24.3 Å². The molecule has 0 aliphatic heterocycles. The summed E-state index contributed by atoms with van der Waals surface area (Å²) in [6.07, 6.45) is 14.0. The van der Waals surface area contributed by atoms with E-state index in [0.717, 1.165) is 31.6 Å². The Labute approximate surface area is 186 Å². The Bertz CT molecular complexity index is 649. The molecule has 0 aromatic heterocycles. The molecule has 0 saturated heterocycles. The molecule has 1 radical (unpaired) electrons. The molecule has 0 spiro atoms. The number of aliphatic hydroxyl groups is 1. The van der Waals surface area contributed by atoms with Crippen molar-refractivity contribution >= 4 is 13.1 Å². The van der Waals surface area contributed by atoms with Crippen molar-refractivity contribution in [1.29, 1.82) is 0 Å². The number of ketones is 1. The SMILES string of the molecule is CCCCC([B][C@@H]1C[C@H]2[C@]3(C)CC[C@H]4C[C@@H](O)CC[C@]4(C)[C@H]3CC[C@]2(C)C1=O)CC. The molecule has 0 aromatic rings. The number of unbranched alkanes of at least 4 members (excludes halogenated alkanes) is 1. The van der Waals surface area contributed by atoms with Crippen LogP contribution in [0, 0.1) is 34.0 Å². The van der Waals surface area contributed by atoms with E-state index in [2.05, 4.69) is 41.9 Å². The van der Waals surface area contributed by atoms with Crippen LogP contribution in [0.5, 0.6) is 0 Å². The van der Waals surface area contributed by atoms with Crippen molar-refractivity contribution in [2.45, 2.75) is 129 Å². The summed E-state index contributed by atoms with van der Waals surface area (Å²) >= 11 is 0. The number of fused-ring (bicyclic) bond motifs is 5.